The molecule has 1 nitrogen and oxygen atoms in total. The minimum absolute atomic E-state index is 0.0177. The van der Waals surface area contributed by atoms with Gasteiger partial charge in [-0.15, -0.1) is 0 Å². The first-order valence-electron chi connectivity index (χ1n) is 6.38. The van der Waals surface area contributed by atoms with Gasteiger partial charge in [0.1, 0.15) is 0 Å². The van der Waals surface area contributed by atoms with Crippen LogP contribution in [0.5, 0.6) is 0 Å². The van der Waals surface area contributed by atoms with Crippen molar-refractivity contribution in [3.63, 3.8) is 0 Å². The van der Waals surface area contributed by atoms with E-state index < -0.39 is 0 Å². The summed E-state index contributed by atoms with van der Waals surface area (Å²) < 4.78 is 0. The number of hydrogen-bond donors (Lipinski definition) is 0. The van der Waals surface area contributed by atoms with Crippen molar-refractivity contribution < 1.29 is 0 Å². The molecule has 18 heavy (non-hydrogen) atoms. The van der Waals surface area contributed by atoms with Gasteiger partial charge in [0.25, 0.3) is 0 Å². The molecule has 0 saturated carbocycles. The van der Waals surface area contributed by atoms with Gasteiger partial charge in [0.2, 0.25) is 0 Å². The Kier molecular flexibility index (Phi) is 2.55. The van der Waals surface area contributed by atoms with E-state index in [0.29, 0.717) is 0 Å². The monoisotopic (exact) mass is 235 g/mol. The van der Waals surface area contributed by atoms with E-state index in [1.165, 1.54) is 22.4 Å². The molecule has 0 saturated heterocycles. The lowest BCUT2D eigenvalue weighted by Crippen LogP contribution is -2.34. The Bertz CT molecular complexity index is 594. The molecule has 2 aromatic rings. The third-order valence-corrected chi connectivity index (χ3v) is 3.74. The topological polar surface area (TPSA) is 12.4 Å². The molecule has 1 aliphatic rings. The molecule has 0 atom stereocenters. The molecule has 2 aromatic carbocycles. The van der Waals surface area contributed by atoms with Crippen LogP contribution >= 0.6 is 0 Å². The van der Waals surface area contributed by atoms with Crippen LogP contribution in [-0.2, 0) is 12.0 Å². The summed E-state index contributed by atoms with van der Waals surface area (Å²) in [5, 5.41) is 0. The fraction of sp³-hybridized carbons (Fsp3) is 0.235. The molecule has 0 radical (unpaired) electrons. The Morgan fingerprint density at radius 2 is 1.56 bits per heavy atom. The van der Waals surface area contributed by atoms with Gasteiger partial charge in [-0.3, -0.25) is 4.99 Å². The molecule has 3 rings (SSSR count). The highest BCUT2D eigenvalue weighted by Crippen LogP contribution is 2.34. The number of nitrogens with zero attached hydrogens (tertiary/aromatic N) is 1. The molecule has 0 fully saturated rings. The van der Waals surface area contributed by atoms with E-state index in [0.717, 1.165) is 6.54 Å². The average Bonchev–Trinajstić information content (AvgIpc) is 2.40. The van der Waals surface area contributed by atoms with Gasteiger partial charge in [-0.1, -0.05) is 68.4 Å². The molecule has 1 heteroatoms. The lowest BCUT2D eigenvalue weighted by molar-refractivity contribution is 0.680. The number of rotatable bonds is 1. The Morgan fingerprint density at radius 3 is 2.33 bits per heavy atom. The van der Waals surface area contributed by atoms with Crippen molar-refractivity contribution in [2.24, 2.45) is 4.99 Å². The third kappa shape index (κ3) is 1.67. The van der Waals surface area contributed by atoms with Crippen molar-refractivity contribution >= 4 is 5.71 Å². The molecule has 1 aliphatic heterocycles. The molecule has 0 unspecified atom stereocenters. The van der Waals surface area contributed by atoms with Crippen LogP contribution in [0.1, 0.15) is 30.5 Å². The predicted octanol–water partition coefficient (Wildman–Crippen LogP) is 3.97. The van der Waals surface area contributed by atoms with Gasteiger partial charge in [0, 0.05) is 5.41 Å². The normalized spacial score (nSPS) is 16.9. The van der Waals surface area contributed by atoms with Crippen LogP contribution in [0.4, 0.5) is 0 Å². The molecular formula is C17H17N. The number of fused-ring (bicyclic) bond motifs is 1. The Hall–Kier alpha value is -1.89. The number of aliphatic imine (C=N–C) groups is 1. The maximum absolute atomic E-state index is 4.81. The molecule has 0 aromatic heterocycles. The van der Waals surface area contributed by atoms with Crippen molar-refractivity contribution in [1.29, 1.82) is 0 Å². The van der Waals surface area contributed by atoms with E-state index in [1.807, 2.05) is 6.07 Å². The molecule has 0 N–H and O–H groups in total. The second-order valence-corrected chi connectivity index (χ2v) is 5.31. The summed E-state index contributed by atoms with van der Waals surface area (Å²) in [6.07, 6.45) is 0. The standard InChI is InChI=1S/C17H17N/c1-17(2)15-11-7-6-10-14(15)12-18-16(17)13-8-4-3-5-9-13/h3-11H,12H2,1-2H3. The molecule has 0 aliphatic carbocycles. The average molecular weight is 235 g/mol. The fourth-order valence-electron chi connectivity index (χ4n) is 2.81. The van der Waals surface area contributed by atoms with Gasteiger partial charge >= 0.3 is 0 Å². The van der Waals surface area contributed by atoms with Gasteiger partial charge in [0.15, 0.2) is 0 Å². The smallest absolute Gasteiger partial charge is 0.0646 e. The van der Waals surface area contributed by atoms with Gasteiger partial charge in [-0.2, -0.15) is 0 Å². The molecule has 1 heterocycles. The SMILES string of the molecule is CC1(C)C(c2ccccc2)=NCc2ccccc21. The summed E-state index contributed by atoms with van der Waals surface area (Å²) in [6.45, 7) is 5.32. The largest absolute Gasteiger partial charge is 0.283 e. The summed E-state index contributed by atoms with van der Waals surface area (Å²) in [7, 11) is 0. The highest BCUT2D eigenvalue weighted by Gasteiger charge is 2.32. The van der Waals surface area contributed by atoms with Crippen LogP contribution in [0, 0.1) is 0 Å². The first-order chi connectivity index (χ1) is 8.69. The van der Waals surface area contributed by atoms with E-state index in [2.05, 4.69) is 62.4 Å². The highest BCUT2D eigenvalue weighted by atomic mass is 14.8. The number of benzene rings is 2. The summed E-state index contributed by atoms with van der Waals surface area (Å²) >= 11 is 0. The highest BCUT2D eigenvalue weighted by molar-refractivity contribution is 6.08. The van der Waals surface area contributed by atoms with Crippen molar-refractivity contribution in [3.05, 3.63) is 71.3 Å². The Morgan fingerprint density at radius 1 is 0.889 bits per heavy atom. The second-order valence-electron chi connectivity index (χ2n) is 5.31. The molecular weight excluding hydrogens is 218 g/mol. The Balaban J connectivity index is 2.13. The molecule has 0 amide bonds. The van der Waals surface area contributed by atoms with Gasteiger partial charge in [0.05, 0.1) is 12.3 Å². The lowest BCUT2D eigenvalue weighted by Gasteiger charge is -2.33. The minimum atomic E-state index is -0.0177. The van der Waals surface area contributed by atoms with Crippen LogP contribution in [-0.4, -0.2) is 5.71 Å². The van der Waals surface area contributed by atoms with E-state index >= 15 is 0 Å². The van der Waals surface area contributed by atoms with E-state index in [1.54, 1.807) is 0 Å². The summed E-state index contributed by atoms with van der Waals surface area (Å²) in [6, 6.07) is 19.1. The summed E-state index contributed by atoms with van der Waals surface area (Å²) in [5.74, 6) is 0. The van der Waals surface area contributed by atoms with Crippen LogP contribution in [0.2, 0.25) is 0 Å². The Labute approximate surface area is 108 Å². The van der Waals surface area contributed by atoms with Crippen LogP contribution in [0.15, 0.2) is 59.6 Å². The lowest BCUT2D eigenvalue weighted by atomic mass is 9.73. The molecule has 0 bridgehead atoms. The van der Waals surface area contributed by atoms with Crippen molar-refractivity contribution in [1.82, 2.24) is 0 Å². The quantitative estimate of drug-likeness (QED) is 0.709. The van der Waals surface area contributed by atoms with Crippen molar-refractivity contribution in [2.45, 2.75) is 25.8 Å². The minimum Gasteiger partial charge on any atom is -0.283 e. The maximum Gasteiger partial charge on any atom is 0.0646 e. The van der Waals surface area contributed by atoms with Crippen LogP contribution in [0.25, 0.3) is 0 Å². The summed E-state index contributed by atoms with van der Waals surface area (Å²) in [5.41, 5.74) is 5.16. The van der Waals surface area contributed by atoms with Crippen LogP contribution in [0.3, 0.4) is 0 Å². The first-order valence-corrected chi connectivity index (χ1v) is 6.38. The van der Waals surface area contributed by atoms with Gasteiger partial charge in [-0.25, -0.2) is 0 Å². The summed E-state index contributed by atoms with van der Waals surface area (Å²) in [4.78, 5) is 4.81. The van der Waals surface area contributed by atoms with Gasteiger partial charge < -0.3 is 0 Å². The third-order valence-electron chi connectivity index (χ3n) is 3.74. The zero-order chi connectivity index (χ0) is 12.6. The van der Waals surface area contributed by atoms with Gasteiger partial charge in [-0.05, 0) is 16.7 Å². The maximum atomic E-state index is 4.81. The zero-order valence-corrected chi connectivity index (χ0v) is 10.9. The molecule has 90 valence electrons. The van der Waals surface area contributed by atoms with E-state index in [9.17, 15) is 0 Å². The van der Waals surface area contributed by atoms with Crippen LogP contribution < -0.4 is 0 Å². The fourth-order valence-corrected chi connectivity index (χ4v) is 2.81. The second kappa shape index (κ2) is 4.09. The molecule has 0 spiro atoms. The van der Waals surface area contributed by atoms with E-state index in [4.69, 9.17) is 4.99 Å². The van der Waals surface area contributed by atoms with E-state index in [-0.39, 0.29) is 5.41 Å². The van der Waals surface area contributed by atoms with Crippen molar-refractivity contribution in [3.8, 4) is 0 Å². The number of hydrogen-bond acceptors (Lipinski definition) is 1. The first kappa shape index (κ1) is 11.2. The zero-order valence-electron chi connectivity index (χ0n) is 10.9. The predicted molar refractivity (Wildman–Crippen MR) is 76.2 cm³/mol. The van der Waals surface area contributed by atoms with Crippen molar-refractivity contribution in [2.75, 3.05) is 0 Å².